The fraction of sp³-hybridized carbons (Fsp3) is 0.846. The molecule has 3 unspecified atom stereocenters. The monoisotopic (exact) mass is 266 g/mol. The van der Waals surface area contributed by atoms with Gasteiger partial charge in [0.15, 0.2) is 0 Å². The number of carbonyl (C=O) groups excluding carboxylic acids is 2. The molecular weight excluding hydrogens is 244 g/mol. The summed E-state index contributed by atoms with van der Waals surface area (Å²) in [5, 5.41) is 6.22. The molecule has 0 aromatic heterocycles. The minimum absolute atomic E-state index is 0.0188. The predicted molar refractivity (Wildman–Crippen MR) is 70.7 cm³/mol. The topological polar surface area (TPSA) is 64.7 Å². The second-order valence-electron chi connectivity index (χ2n) is 5.90. The second-order valence-corrected chi connectivity index (χ2v) is 5.90. The van der Waals surface area contributed by atoms with Crippen LogP contribution in [0.1, 0.15) is 19.8 Å². The third-order valence-corrected chi connectivity index (χ3v) is 4.55. The molecule has 3 fully saturated rings. The number of urea groups is 1. The van der Waals surface area contributed by atoms with Crippen LogP contribution in [0.5, 0.6) is 0 Å². The van der Waals surface area contributed by atoms with Crippen LogP contribution in [0.4, 0.5) is 4.79 Å². The van der Waals surface area contributed by atoms with Gasteiger partial charge in [-0.3, -0.25) is 4.79 Å². The number of rotatable bonds is 1. The summed E-state index contributed by atoms with van der Waals surface area (Å²) in [7, 11) is 0. The van der Waals surface area contributed by atoms with E-state index in [4.69, 9.17) is 0 Å². The number of piperidine rings is 1. The SMILES string of the molecule is CC1CCC(C(=O)N2CCN3C(=O)NCC3C2)CN1. The molecule has 3 atom stereocenters. The van der Waals surface area contributed by atoms with Gasteiger partial charge in [-0.2, -0.15) is 0 Å². The summed E-state index contributed by atoms with van der Waals surface area (Å²) in [5.74, 6) is 0.381. The smallest absolute Gasteiger partial charge is 0.317 e. The van der Waals surface area contributed by atoms with E-state index in [9.17, 15) is 9.59 Å². The van der Waals surface area contributed by atoms with Crippen LogP contribution in [0.25, 0.3) is 0 Å². The molecule has 19 heavy (non-hydrogen) atoms. The number of amides is 3. The van der Waals surface area contributed by atoms with Crippen molar-refractivity contribution >= 4 is 11.9 Å². The first-order chi connectivity index (χ1) is 9.15. The largest absolute Gasteiger partial charge is 0.339 e. The molecule has 6 heteroatoms. The zero-order valence-electron chi connectivity index (χ0n) is 11.4. The lowest BCUT2D eigenvalue weighted by Crippen LogP contribution is -2.56. The van der Waals surface area contributed by atoms with Gasteiger partial charge in [0, 0.05) is 38.8 Å². The number of hydrogen-bond donors (Lipinski definition) is 2. The van der Waals surface area contributed by atoms with Crippen molar-refractivity contribution in [2.45, 2.75) is 31.8 Å². The van der Waals surface area contributed by atoms with E-state index >= 15 is 0 Å². The lowest BCUT2D eigenvalue weighted by atomic mass is 9.94. The lowest BCUT2D eigenvalue weighted by Gasteiger charge is -2.39. The summed E-state index contributed by atoms with van der Waals surface area (Å²) >= 11 is 0. The highest BCUT2D eigenvalue weighted by atomic mass is 16.2. The van der Waals surface area contributed by atoms with Gasteiger partial charge >= 0.3 is 6.03 Å². The summed E-state index contributed by atoms with van der Waals surface area (Å²) in [6.07, 6.45) is 2.05. The van der Waals surface area contributed by atoms with Gasteiger partial charge in [0.1, 0.15) is 0 Å². The van der Waals surface area contributed by atoms with Crippen LogP contribution in [-0.4, -0.2) is 66.5 Å². The standard InChI is InChI=1S/C13H22N4O2/c1-9-2-3-10(6-14-9)12(18)16-4-5-17-11(8-16)7-15-13(17)19/h9-11,14H,2-8H2,1H3,(H,15,19). The van der Waals surface area contributed by atoms with E-state index in [0.717, 1.165) is 19.4 Å². The van der Waals surface area contributed by atoms with Gasteiger partial charge in [-0.25, -0.2) is 4.79 Å². The van der Waals surface area contributed by atoms with E-state index in [1.807, 2.05) is 9.80 Å². The van der Waals surface area contributed by atoms with E-state index < -0.39 is 0 Å². The van der Waals surface area contributed by atoms with E-state index in [1.54, 1.807) is 0 Å². The molecule has 3 rings (SSSR count). The van der Waals surface area contributed by atoms with Crippen molar-refractivity contribution in [1.29, 1.82) is 0 Å². The Morgan fingerprint density at radius 2 is 2.11 bits per heavy atom. The highest BCUT2D eigenvalue weighted by Gasteiger charge is 2.38. The molecule has 3 saturated heterocycles. The summed E-state index contributed by atoms with van der Waals surface area (Å²) in [5.41, 5.74) is 0. The maximum Gasteiger partial charge on any atom is 0.317 e. The fourth-order valence-corrected chi connectivity index (χ4v) is 3.27. The van der Waals surface area contributed by atoms with Crippen LogP contribution in [0, 0.1) is 5.92 Å². The highest BCUT2D eigenvalue weighted by Crippen LogP contribution is 2.20. The van der Waals surface area contributed by atoms with Crippen molar-refractivity contribution in [3.05, 3.63) is 0 Å². The zero-order chi connectivity index (χ0) is 13.4. The maximum atomic E-state index is 12.5. The Morgan fingerprint density at radius 1 is 1.26 bits per heavy atom. The van der Waals surface area contributed by atoms with Crippen LogP contribution in [-0.2, 0) is 4.79 Å². The van der Waals surface area contributed by atoms with Crippen LogP contribution in [0.15, 0.2) is 0 Å². The predicted octanol–water partition coefficient (Wildman–Crippen LogP) is -0.389. The number of nitrogens with zero attached hydrogens (tertiary/aromatic N) is 2. The summed E-state index contributed by atoms with van der Waals surface area (Å²) in [4.78, 5) is 27.8. The first-order valence-corrected chi connectivity index (χ1v) is 7.22. The van der Waals surface area contributed by atoms with Gasteiger partial charge < -0.3 is 20.4 Å². The van der Waals surface area contributed by atoms with E-state index in [-0.39, 0.29) is 23.9 Å². The minimum atomic E-state index is 0.0188. The fourth-order valence-electron chi connectivity index (χ4n) is 3.27. The molecule has 6 nitrogen and oxygen atoms in total. The third kappa shape index (κ3) is 2.41. The molecule has 0 aromatic rings. The number of hydrogen-bond acceptors (Lipinski definition) is 3. The van der Waals surface area contributed by atoms with Crippen LogP contribution in [0.2, 0.25) is 0 Å². The minimum Gasteiger partial charge on any atom is -0.339 e. The van der Waals surface area contributed by atoms with E-state index in [1.165, 1.54) is 0 Å². The molecule has 3 aliphatic heterocycles. The molecule has 0 radical (unpaired) electrons. The van der Waals surface area contributed by atoms with E-state index in [2.05, 4.69) is 17.6 Å². The van der Waals surface area contributed by atoms with Gasteiger partial charge in [0.05, 0.1) is 12.0 Å². The Balaban J connectivity index is 1.58. The summed E-state index contributed by atoms with van der Waals surface area (Å²) in [6.45, 7) is 5.65. The lowest BCUT2D eigenvalue weighted by molar-refractivity contribution is -0.138. The summed E-state index contributed by atoms with van der Waals surface area (Å²) < 4.78 is 0. The molecular formula is C13H22N4O2. The van der Waals surface area contributed by atoms with Crippen LogP contribution < -0.4 is 10.6 Å². The van der Waals surface area contributed by atoms with Crippen LogP contribution in [0.3, 0.4) is 0 Å². The molecule has 0 aliphatic carbocycles. The van der Waals surface area contributed by atoms with Crippen molar-refractivity contribution in [2.24, 2.45) is 5.92 Å². The first-order valence-electron chi connectivity index (χ1n) is 7.22. The molecule has 0 spiro atoms. The van der Waals surface area contributed by atoms with Gasteiger partial charge in [-0.05, 0) is 19.8 Å². The zero-order valence-corrected chi connectivity index (χ0v) is 11.4. The van der Waals surface area contributed by atoms with Crippen molar-refractivity contribution in [3.8, 4) is 0 Å². The highest BCUT2D eigenvalue weighted by molar-refractivity contribution is 5.81. The van der Waals surface area contributed by atoms with Gasteiger partial charge in [-0.15, -0.1) is 0 Å². The average Bonchev–Trinajstić information content (AvgIpc) is 2.80. The average molecular weight is 266 g/mol. The Labute approximate surface area is 113 Å². The Bertz CT molecular complexity index is 379. The molecule has 2 N–H and O–H groups in total. The molecule has 3 aliphatic rings. The third-order valence-electron chi connectivity index (χ3n) is 4.55. The number of carbonyl (C=O) groups is 2. The molecule has 0 saturated carbocycles. The number of nitrogens with one attached hydrogen (secondary N) is 2. The van der Waals surface area contributed by atoms with Crippen molar-refractivity contribution in [3.63, 3.8) is 0 Å². The van der Waals surface area contributed by atoms with Crippen molar-refractivity contribution in [2.75, 3.05) is 32.7 Å². The van der Waals surface area contributed by atoms with Gasteiger partial charge in [-0.1, -0.05) is 0 Å². The summed E-state index contributed by atoms with van der Waals surface area (Å²) in [6, 6.07) is 0.712. The van der Waals surface area contributed by atoms with Crippen LogP contribution >= 0.6 is 0 Å². The molecule has 106 valence electrons. The molecule has 3 amide bonds. The molecule has 0 aromatic carbocycles. The first kappa shape index (κ1) is 12.7. The molecule has 0 bridgehead atoms. The van der Waals surface area contributed by atoms with Gasteiger partial charge in [0.2, 0.25) is 5.91 Å². The quantitative estimate of drug-likeness (QED) is 0.679. The maximum absolute atomic E-state index is 12.5. The Kier molecular flexibility index (Phi) is 3.35. The second kappa shape index (κ2) is 5.00. The Morgan fingerprint density at radius 3 is 2.84 bits per heavy atom. The number of piperazine rings is 1. The Hall–Kier alpha value is -1.30. The van der Waals surface area contributed by atoms with E-state index in [0.29, 0.717) is 32.2 Å². The van der Waals surface area contributed by atoms with Crippen molar-refractivity contribution in [1.82, 2.24) is 20.4 Å². The van der Waals surface area contributed by atoms with Gasteiger partial charge in [0.25, 0.3) is 0 Å². The normalized spacial score (nSPS) is 35.0. The van der Waals surface area contributed by atoms with Crippen molar-refractivity contribution < 1.29 is 9.59 Å². The molecule has 3 heterocycles. The number of fused-ring (bicyclic) bond motifs is 1.